The second-order valence-electron chi connectivity index (χ2n) is 4.55. The number of nitrogen functional groups attached to an aromatic ring is 1. The van der Waals surface area contributed by atoms with Crippen LogP contribution < -0.4 is 5.73 Å². The molecule has 0 radical (unpaired) electrons. The van der Waals surface area contributed by atoms with Crippen molar-refractivity contribution >= 4 is 11.5 Å². The number of carbonyl (C=O) groups is 1. The zero-order valence-corrected chi connectivity index (χ0v) is 10.4. The molecule has 0 saturated heterocycles. The van der Waals surface area contributed by atoms with E-state index in [4.69, 9.17) is 5.73 Å². The molecule has 0 aliphatic carbocycles. The van der Waals surface area contributed by atoms with Gasteiger partial charge in [-0.05, 0) is 30.0 Å². The topological polar surface area (TPSA) is 43.1 Å². The fourth-order valence-electron chi connectivity index (χ4n) is 1.67. The average Bonchev–Trinajstić information content (AvgIpc) is 2.28. The van der Waals surface area contributed by atoms with E-state index in [0.29, 0.717) is 12.2 Å². The van der Waals surface area contributed by atoms with Gasteiger partial charge in [-0.1, -0.05) is 32.9 Å². The van der Waals surface area contributed by atoms with Crippen LogP contribution in [0.1, 0.15) is 45.1 Å². The first kappa shape index (κ1) is 12.8. The van der Waals surface area contributed by atoms with Crippen molar-refractivity contribution in [3.8, 4) is 0 Å². The van der Waals surface area contributed by atoms with Crippen LogP contribution in [0.2, 0.25) is 0 Å². The summed E-state index contributed by atoms with van der Waals surface area (Å²) in [7, 11) is 0. The van der Waals surface area contributed by atoms with Gasteiger partial charge >= 0.3 is 0 Å². The first-order valence-corrected chi connectivity index (χ1v) is 5.92. The zero-order chi connectivity index (χ0) is 12.1. The number of hydrogen-bond donors (Lipinski definition) is 1. The van der Waals surface area contributed by atoms with Crippen molar-refractivity contribution in [2.75, 3.05) is 5.73 Å². The maximum atomic E-state index is 11.8. The van der Waals surface area contributed by atoms with E-state index in [1.807, 2.05) is 31.2 Å². The van der Waals surface area contributed by atoms with E-state index in [-0.39, 0.29) is 11.8 Å². The first-order valence-electron chi connectivity index (χ1n) is 5.92. The predicted molar refractivity (Wildman–Crippen MR) is 68.3 cm³/mol. The molecule has 0 spiro atoms. The molecule has 16 heavy (non-hydrogen) atoms. The molecule has 2 unspecified atom stereocenters. The van der Waals surface area contributed by atoms with E-state index in [1.54, 1.807) is 0 Å². The van der Waals surface area contributed by atoms with Crippen LogP contribution in [0, 0.1) is 5.92 Å². The third-order valence-corrected chi connectivity index (χ3v) is 3.17. The highest BCUT2D eigenvalue weighted by molar-refractivity contribution is 5.81. The molecule has 2 atom stereocenters. The normalized spacial score (nSPS) is 14.4. The highest BCUT2D eigenvalue weighted by Gasteiger charge is 2.15. The van der Waals surface area contributed by atoms with Gasteiger partial charge in [0.15, 0.2) is 0 Å². The predicted octanol–water partition coefficient (Wildman–Crippen LogP) is 3.38. The molecule has 0 aromatic heterocycles. The van der Waals surface area contributed by atoms with Crippen LogP contribution in [-0.4, -0.2) is 5.78 Å². The molecule has 0 amide bonds. The van der Waals surface area contributed by atoms with Crippen molar-refractivity contribution in [1.29, 1.82) is 0 Å². The lowest BCUT2D eigenvalue weighted by Gasteiger charge is -2.14. The Morgan fingerprint density at radius 2 is 1.81 bits per heavy atom. The van der Waals surface area contributed by atoms with E-state index in [1.165, 1.54) is 5.56 Å². The van der Waals surface area contributed by atoms with Gasteiger partial charge in [0.05, 0.1) is 0 Å². The van der Waals surface area contributed by atoms with Crippen molar-refractivity contribution in [2.24, 2.45) is 5.92 Å². The maximum absolute atomic E-state index is 11.8. The fourth-order valence-corrected chi connectivity index (χ4v) is 1.67. The highest BCUT2D eigenvalue weighted by Crippen LogP contribution is 2.22. The maximum Gasteiger partial charge on any atom is 0.136 e. The van der Waals surface area contributed by atoms with E-state index < -0.39 is 0 Å². The lowest BCUT2D eigenvalue weighted by Crippen LogP contribution is -2.12. The molecule has 2 heteroatoms. The zero-order valence-electron chi connectivity index (χ0n) is 10.4. The van der Waals surface area contributed by atoms with Crippen molar-refractivity contribution in [1.82, 2.24) is 0 Å². The van der Waals surface area contributed by atoms with E-state index in [0.717, 1.165) is 12.1 Å². The number of nitrogens with two attached hydrogens (primary N) is 1. The van der Waals surface area contributed by atoms with Gasteiger partial charge in [0, 0.05) is 18.0 Å². The molecular formula is C14H21NO. The van der Waals surface area contributed by atoms with Gasteiger partial charge in [-0.3, -0.25) is 4.79 Å². The van der Waals surface area contributed by atoms with Gasteiger partial charge in [0.2, 0.25) is 0 Å². The molecule has 0 aliphatic rings. The molecule has 0 aliphatic heterocycles. The Hall–Kier alpha value is -1.31. The molecule has 0 fully saturated rings. The van der Waals surface area contributed by atoms with Crippen LogP contribution in [-0.2, 0) is 4.79 Å². The Labute approximate surface area is 97.9 Å². The van der Waals surface area contributed by atoms with Crippen LogP contribution in [0.5, 0.6) is 0 Å². The Balaban J connectivity index is 2.62. The number of Topliss-reactive ketones (excluding diaryl/α,β-unsaturated/α-hetero) is 1. The minimum atomic E-state index is 0.177. The molecule has 0 bridgehead atoms. The summed E-state index contributed by atoms with van der Waals surface area (Å²) in [5.41, 5.74) is 7.58. The van der Waals surface area contributed by atoms with Gasteiger partial charge < -0.3 is 5.73 Å². The first-order chi connectivity index (χ1) is 7.54. The third kappa shape index (κ3) is 3.37. The van der Waals surface area contributed by atoms with Crippen molar-refractivity contribution in [3.63, 3.8) is 0 Å². The van der Waals surface area contributed by atoms with Crippen LogP contribution in [0.4, 0.5) is 5.69 Å². The summed E-state index contributed by atoms with van der Waals surface area (Å²) in [6.45, 7) is 6.14. The largest absolute Gasteiger partial charge is 0.399 e. The summed E-state index contributed by atoms with van der Waals surface area (Å²) in [6, 6.07) is 7.78. The van der Waals surface area contributed by atoms with Gasteiger partial charge in [-0.15, -0.1) is 0 Å². The lowest BCUT2D eigenvalue weighted by atomic mass is 9.90. The summed E-state index contributed by atoms with van der Waals surface area (Å²) in [5, 5.41) is 0. The van der Waals surface area contributed by atoms with Gasteiger partial charge in [-0.2, -0.15) is 0 Å². The minimum absolute atomic E-state index is 0.177. The monoisotopic (exact) mass is 219 g/mol. The number of carbonyl (C=O) groups excluding carboxylic acids is 1. The fraction of sp³-hybridized carbons (Fsp3) is 0.500. The second kappa shape index (κ2) is 5.69. The standard InChI is InChI=1S/C14H21NO/c1-4-10(2)14(16)9-11(3)12-5-7-13(15)8-6-12/h5-8,10-11H,4,9,15H2,1-3H3. The summed E-state index contributed by atoms with van der Waals surface area (Å²) >= 11 is 0. The number of rotatable bonds is 5. The summed E-state index contributed by atoms with van der Waals surface area (Å²) in [4.78, 5) is 11.8. The quantitative estimate of drug-likeness (QED) is 0.771. The van der Waals surface area contributed by atoms with Crippen LogP contribution >= 0.6 is 0 Å². The highest BCUT2D eigenvalue weighted by atomic mass is 16.1. The Kier molecular flexibility index (Phi) is 4.53. The molecule has 1 rings (SSSR count). The Morgan fingerprint density at radius 3 is 2.31 bits per heavy atom. The van der Waals surface area contributed by atoms with Gasteiger partial charge in [0.25, 0.3) is 0 Å². The summed E-state index contributed by atoms with van der Waals surface area (Å²) in [6.07, 6.45) is 1.55. The van der Waals surface area contributed by atoms with Crippen molar-refractivity contribution in [3.05, 3.63) is 29.8 Å². The third-order valence-electron chi connectivity index (χ3n) is 3.17. The molecule has 88 valence electrons. The lowest BCUT2D eigenvalue weighted by molar-refractivity contribution is -0.122. The van der Waals surface area contributed by atoms with Crippen LogP contribution in [0.3, 0.4) is 0 Å². The molecule has 0 heterocycles. The molecule has 1 aromatic carbocycles. The van der Waals surface area contributed by atoms with Gasteiger partial charge in [0.1, 0.15) is 5.78 Å². The molecule has 2 N–H and O–H groups in total. The van der Waals surface area contributed by atoms with E-state index >= 15 is 0 Å². The second-order valence-corrected chi connectivity index (χ2v) is 4.55. The van der Waals surface area contributed by atoms with E-state index in [9.17, 15) is 4.79 Å². The minimum Gasteiger partial charge on any atom is -0.399 e. The smallest absolute Gasteiger partial charge is 0.136 e. The molecule has 2 nitrogen and oxygen atoms in total. The number of ketones is 1. The van der Waals surface area contributed by atoms with Crippen LogP contribution in [0.15, 0.2) is 24.3 Å². The Bertz CT molecular complexity index is 342. The summed E-state index contributed by atoms with van der Waals surface area (Å²) < 4.78 is 0. The number of hydrogen-bond acceptors (Lipinski definition) is 2. The molecule has 1 aromatic rings. The molecular weight excluding hydrogens is 198 g/mol. The van der Waals surface area contributed by atoms with Gasteiger partial charge in [-0.25, -0.2) is 0 Å². The summed E-state index contributed by atoms with van der Waals surface area (Å²) in [5.74, 6) is 0.810. The molecule has 0 saturated carbocycles. The van der Waals surface area contributed by atoms with Crippen molar-refractivity contribution in [2.45, 2.75) is 39.5 Å². The van der Waals surface area contributed by atoms with Crippen LogP contribution in [0.25, 0.3) is 0 Å². The average molecular weight is 219 g/mol. The SMILES string of the molecule is CCC(C)C(=O)CC(C)c1ccc(N)cc1. The Morgan fingerprint density at radius 1 is 1.25 bits per heavy atom. The van der Waals surface area contributed by atoms with E-state index in [2.05, 4.69) is 13.8 Å². The number of benzene rings is 1. The number of anilines is 1. The van der Waals surface area contributed by atoms with Crippen molar-refractivity contribution < 1.29 is 4.79 Å².